The summed E-state index contributed by atoms with van der Waals surface area (Å²) in [6, 6.07) is 9.21. The molecule has 1 aromatic heterocycles. The van der Waals surface area contributed by atoms with E-state index < -0.39 is 11.9 Å². The number of carbonyl (C=O) groups is 2. The van der Waals surface area contributed by atoms with Gasteiger partial charge in [-0.15, -0.1) is 0 Å². The largest absolute Gasteiger partial charge is 1.00 e. The minimum Gasteiger partial charge on any atom is -0.543 e. The van der Waals surface area contributed by atoms with E-state index >= 15 is 0 Å². The zero-order chi connectivity index (χ0) is 18.8. The first-order chi connectivity index (χ1) is 12.4. The number of aromatic hydroxyl groups is 1. The van der Waals surface area contributed by atoms with E-state index in [0.29, 0.717) is 15.9 Å². The summed E-state index contributed by atoms with van der Waals surface area (Å²) in [5.41, 5.74) is 0.596. The van der Waals surface area contributed by atoms with E-state index in [1.807, 2.05) is 0 Å². The summed E-state index contributed by atoms with van der Waals surface area (Å²) in [6.45, 7) is 0. The number of aromatic nitrogens is 1. The number of aromatic amines is 1. The molecule has 3 N–H and O–H groups in total. The number of amides is 1. The molecule has 132 valence electrons. The number of nitrogens with one attached hydrogen (secondary N) is 2. The van der Waals surface area contributed by atoms with Gasteiger partial charge in [-0.1, -0.05) is 35.3 Å². The number of carboxylic acids is 1. The molecule has 1 amide bonds. The molecule has 0 spiro atoms. The molecule has 0 aliphatic heterocycles. The molecule has 3 aromatic rings. The maximum absolute atomic E-state index is 12.1. The Kier molecular flexibility index (Phi) is 6.97. The molecule has 0 fully saturated rings. The fourth-order valence-corrected chi connectivity index (χ4v) is 3.11. The number of phenolic OH excluding ortho intramolecular Hbond substituents is 1. The van der Waals surface area contributed by atoms with Gasteiger partial charge in [-0.25, -0.2) is 0 Å². The zero-order valence-electron chi connectivity index (χ0n) is 14.0. The first-order valence-corrected chi connectivity index (χ1v) is 8.11. The Bertz CT molecular complexity index is 1060. The number of anilines is 1. The van der Waals surface area contributed by atoms with E-state index in [-0.39, 0.29) is 57.3 Å². The molecule has 0 radical (unpaired) electrons. The van der Waals surface area contributed by atoms with Crippen LogP contribution in [0.4, 0.5) is 5.69 Å². The second kappa shape index (κ2) is 8.82. The molecular formula is C18H11Cl2N2NaO4. The van der Waals surface area contributed by atoms with Crippen LogP contribution in [0.1, 0.15) is 16.1 Å². The summed E-state index contributed by atoms with van der Waals surface area (Å²) >= 11 is 12.1. The Morgan fingerprint density at radius 2 is 1.89 bits per heavy atom. The fraction of sp³-hybridized carbons (Fsp3) is 0. The number of halogens is 2. The second-order valence-electron chi connectivity index (χ2n) is 5.35. The third-order valence-corrected chi connectivity index (χ3v) is 4.14. The Morgan fingerprint density at radius 3 is 2.56 bits per heavy atom. The van der Waals surface area contributed by atoms with Crippen molar-refractivity contribution in [2.24, 2.45) is 0 Å². The summed E-state index contributed by atoms with van der Waals surface area (Å²) in [7, 11) is 0. The normalized spacial score (nSPS) is 10.7. The van der Waals surface area contributed by atoms with Crippen molar-refractivity contribution in [1.29, 1.82) is 0 Å². The number of carboxylic acid groups (broad SMARTS) is 1. The maximum atomic E-state index is 12.1. The van der Waals surface area contributed by atoms with Crippen LogP contribution in [0.25, 0.3) is 17.0 Å². The van der Waals surface area contributed by atoms with Gasteiger partial charge in [-0.05, 0) is 30.3 Å². The van der Waals surface area contributed by atoms with E-state index in [9.17, 15) is 19.8 Å². The van der Waals surface area contributed by atoms with Gasteiger partial charge in [0.2, 0.25) is 5.91 Å². The van der Waals surface area contributed by atoms with E-state index in [2.05, 4.69) is 10.3 Å². The van der Waals surface area contributed by atoms with Crippen LogP contribution in [0.2, 0.25) is 10.0 Å². The maximum Gasteiger partial charge on any atom is 1.00 e. The molecule has 1 heterocycles. The smallest absolute Gasteiger partial charge is 0.543 e. The molecule has 0 aliphatic carbocycles. The van der Waals surface area contributed by atoms with Crippen LogP contribution in [0.3, 0.4) is 0 Å². The number of carbonyl (C=O) groups excluding carboxylic acids is 2. The van der Waals surface area contributed by atoms with Gasteiger partial charge in [0.15, 0.2) is 0 Å². The van der Waals surface area contributed by atoms with Crippen molar-refractivity contribution in [1.82, 2.24) is 4.98 Å². The molecule has 0 bridgehead atoms. The van der Waals surface area contributed by atoms with Crippen LogP contribution in [-0.4, -0.2) is 22.0 Å². The number of rotatable bonds is 4. The molecule has 3 rings (SSSR count). The van der Waals surface area contributed by atoms with E-state index in [1.165, 1.54) is 30.3 Å². The van der Waals surface area contributed by atoms with Gasteiger partial charge in [-0.3, -0.25) is 4.79 Å². The number of hydrogen-bond acceptors (Lipinski definition) is 4. The molecule has 0 aliphatic rings. The monoisotopic (exact) mass is 412 g/mol. The van der Waals surface area contributed by atoms with Gasteiger partial charge in [0.1, 0.15) is 5.75 Å². The molecule has 2 aromatic carbocycles. The number of phenols is 1. The summed E-state index contributed by atoms with van der Waals surface area (Å²) in [5.74, 6) is -2.10. The van der Waals surface area contributed by atoms with E-state index in [1.54, 1.807) is 12.1 Å². The van der Waals surface area contributed by atoms with Crippen LogP contribution in [-0.2, 0) is 4.79 Å². The second-order valence-corrected chi connectivity index (χ2v) is 6.19. The van der Waals surface area contributed by atoms with Gasteiger partial charge >= 0.3 is 29.6 Å². The summed E-state index contributed by atoms with van der Waals surface area (Å²) < 4.78 is 0. The number of fused-ring (bicyclic) bond motifs is 1. The standard InChI is InChI=1S/C18H12Cl2N2O4.Na/c19-9-7-11(20)16-10(17(18(25)26)22-13(16)8-9)5-6-15(24)21-12-3-1-2-4-14(12)23;/h1-8,22-23H,(H,21,24)(H,25,26);/q;+1/p-1/b6-5+;. The van der Waals surface area contributed by atoms with Crippen LogP contribution in [0.5, 0.6) is 5.75 Å². The van der Waals surface area contributed by atoms with Crippen molar-refractivity contribution < 1.29 is 49.4 Å². The van der Waals surface area contributed by atoms with Crippen LogP contribution < -0.4 is 40.0 Å². The predicted molar refractivity (Wildman–Crippen MR) is 98.4 cm³/mol. The van der Waals surface area contributed by atoms with E-state index in [0.717, 1.165) is 6.08 Å². The van der Waals surface area contributed by atoms with Crippen molar-refractivity contribution in [2.45, 2.75) is 0 Å². The van der Waals surface area contributed by atoms with Gasteiger partial charge < -0.3 is 25.3 Å². The van der Waals surface area contributed by atoms with Crippen molar-refractivity contribution in [2.75, 3.05) is 5.32 Å². The van der Waals surface area contributed by atoms with Crippen molar-refractivity contribution in [3.8, 4) is 5.75 Å². The average molecular weight is 413 g/mol. The van der Waals surface area contributed by atoms with Crippen LogP contribution in [0, 0.1) is 0 Å². The van der Waals surface area contributed by atoms with Gasteiger partial charge in [0.05, 0.1) is 22.4 Å². The van der Waals surface area contributed by atoms with Gasteiger partial charge in [0, 0.05) is 27.6 Å². The summed E-state index contributed by atoms with van der Waals surface area (Å²) in [6.07, 6.45) is 2.44. The Morgan fingerprint density at radius 1 is 1.19 bits per heavy atom. The molecule has 0 saturated carbocycles. The first kappa shape index (κ1) is 21.3. The zero-order valence-corrected chi connectivity index (χ0v) is 17.6. The fourth-order valence-electron chi connectivity index (χ4n) is 2.51. The third-order valence-electron chi connectivity index (χ3n) is 3.62. The minimum atomic E-state index is -1.45. The third kappa shape index (κ3) is 4.66. The SMILES string of the molecule is O=C(/C=C/c1c(C(=O)[O-])[nH]c2cc(Cl)cc(Cl)c12)Nc1ccccc1O.[Na+]. The summed E-state index contributed by atoms with van der Waals surface area (Å²) in [5, 5.41) is 24.5. The predicted octanol–water partition coefficient (Wildman–Crippen LogP) is 0.200. The molecular weight excluding hydrogens is 402 g/mol. The number of hydrogen-bond donors (Lipinski definition) is 3. The molecule has 0 saturated heterocycles. The molecule has 9 heteroatoms. The Labute approximate surface area is 186 Å². The van der Waals surface area contributed by atoms with Crippen LogP contribution >= 0.6 is 23.2 Å². The van der Waals surface area contributed by atoms with Crippen molar-refractivity contribution in [3.05, 3.63) is 63.8 Å². The minimum absolute atomic E-state index is 0. The molecule has 0 unspecified atom stereocenters. The molecule has 27 heavy (non-hydrogen) atoms. The molecule has 0 atom stereocenters. The quantitative estimate of drug-likeness (QED) is 0.323. The van der Waals surface area contributed by atoms with E-state index in [4.69, 9.17) is 23.2 Å². The number of aromatic carboxylic acids is 1. The topological polar surface area (TPSA) is 105 Å². The number of para-hydroxylation sites is 2. The van der Waals surface area contributed by atoms with Crippen molar-refractivity contribution >= 4 is 57.7 Å². The average Bonchev–Trinajstić information content (AvgIpc) is 2.94. The number of H-pyrrole nitrogens is 1. The Hall–Kier alpha value is -1.96. The van der Waals surface area contributed by atoms with Crippen molar-refractivity contribution in [3.63, 3.8) is 0 Å². The summed E-state index contributed by atoms with van der Waals surface area (Å²) in [4.78, 5) is 26.1. The van der Waals surface area contributed by atoms with Crippen LogP contribution in [0.15, 0.2) is 42.5 Å². The van der Waals surface area contributed by atoms with Gasteiger partial charge in [0.25, 0.3) is 0 Å². The van der Waals surface area contributed by atoms with Gasteiger partial charge in [-0.2, -0.15) is 0 Å². The Balaban J connectivity index is 0.00000261. The first-order valence-electron chi connectivity index (χ1n) is 7.36. The molecule has 6 nitrogen and oxygen atoms in total. The number of benzene rings is 2.